The fraction of sp³-hybridized carbons (Fsp3) is 0.409. The van der Waals surface area contributed by atoms with Crippen molar-refractivity contribution in [2.75, 3.05) is 35.6 Å². The van der Waals surface area contributed by atoms with Gasteiger partial charge in [0.05, 0.1) is 23.3 Å². The number of fused-ring (bicyclic) bond motifs is 1. The fourth-order valence-electron chi connectivity index (χ4n) is 4.47. The van der Waals surface area contributed by atoms with Crippen LogP contribution in [0.4, 0.5) is 21.5 Å². The highest BCUT2D eigenvalue weighted by Gasteiger charge is 2.49. The third kappa shape index (κ3) is 3.81. The molecule has 31 heavy (non-hydrogen) atoms. The number of piperidine rings is 1. The molecule has 1 amide bonds. The summed E-state index contributed by atoms with van der Waals surface area (Å²) in [5.74, 6) is -1.62. The van der Waals surface area contributed by atoms with Crippen molar-refractivity contribution in [3.63, 3.8) is 0 Å². The first-order valence-corrected chi connectivity index (χ1v) is 10.4. The normalized spacial score (nSPS) is 23.2. The summed E-state index contributed by atoms with van der Waals surface area (Å²) in [6.45, 7) is 5.68. The van der Waals surface area contributed by atoms with Gasteiger partial charge in [0.15, 0.2) is 0 Å². The Morgan fingerprint density at radius 1 is 1.42 bits per heavy atom. The molecule has 1 aromatic heterocycles. The van der Waals surface area contributed by atoms with Gasteiger partial charge in [-0.3, -0.25) is 9.69 Å². The van der Waals surface area contributed by atoms with E-state index in [2.05, 4.69) is 25.8 Å². The van der Waals surface area contributed by atoms with E-state index in [0.717, 1.165) is 18.5 Å². The molecule has 1 saturated heterocycles. The van der Waals surface area contributed by atoms with Crippen molar-refractivity contribution < 1.29 is 19.1 Å². The molecule has 0 aliphatic carbocycles. The summed E-state index contributed by atoms with van der Waals surface area (Å²) in [4.78, 5) is 30.1. The minimum Gasteiger partial charge on any atom is -0.477 e. The van der Waals surface area contributed by atoms with Gasteiger partial charge in [-0.1, -0.05) is 0 Å². The summed E-state index contributed by atoms with van der Waals surface area (Å²) in [6.07, 6.45) is 3.26. The van der Waals surface area contributed by atoms with Gasteiger partial charge in [-0.15, -0.1) is 0 Å². The number of likely N-dealkylation sites (tertiary alicyclic amines) is 1. The van der Waals surface area contributed by atoms with Gasteiger partial charge < -0.3 is 21.1 Å². The maximum absolute atomic E-state index is 14.4. The summed E-state index contributed by atoms with van der Waals surface area (Å²) in [5, 5.41) is 18.5. The standard InChI is InChI=1S/C22H26FN5O3/c1-3-24-18-10-13(23)9-16-19(18)27-21(31)22(16,2)28-8-4-5-15(12-28)26-14-6-7-17(20(29)30)25-11-14/h6-7,9-11,15,24,26H,3-5,8,12H2,1-2H3,(H,27,31)(H,29,30)/t15?,22-/m1/s1. The second-order valence-corrected chi connectivity index (χ2v) is 8.10. The molecule has 2 aromatic rings. The minimum absolute atomic E-state index is 0.0129. The van der Waals surface area contributed by atoms with Crippen molar-refractivity contribution in [3.8, 4) is 0 Å². The zero-order valence-electron chi connectivity index (χ0n) is 17.5. The Morgan fingerprint density at radius 3 is 2.90 bits per heavy atom. The van der Waals surface area contributed by atoms with Crippen LogP contribution in [-0.4, -0.2) is 52.5 Å². The number of rotatable bonds is 6. The van der Waals surface area contributed by atoms with Gasteiger partial charge in [0.2, 0.25) is 5.91 Å². The Kier molecular flexibility index (Phi) is 5.53. The first kappa shape index (κ1) is 21.0. The summed E-state index contributed by atoms with van der Waals surface area (Å²) in [7, 11) is 0. The fourth-order valence-corrected chi connectivity index (χ4v) is 4.47. The molecular formula is C22H26FN5O3. The number of pyridine rings is 1. The number of aromatic nitrogens is 1. The van der Waals surface area contributed by atoms with E-state index in [1.807, 2.05) is 13.8 Å². The number of carboxylic acid groups (broad SMARTS) is 1. The van der Waals surface area contributed by atoms with E-state index in [0.29, 0.717) is 36.6 Å². The van der Waals surface area contributed by atoms with Gasteiger partial charge in [-0.2, -0.15) is 0 Å². The Morgan fingerprint density at radius 2 is 2.23 bits per heavy atom. The number of nitrogens with zero attached hydrogens (tertiary/aromatic N) is 2. The predicted molar refractivity (Wildman–Crippen MR) is 116 cm³/mol. The zero-order chi connectivity index (χ0) is 22.2. The molecule has 2 aliphatic rings. The van der Waals surface area contributed by atoms with E-state index in [1.54, 1.807) is 6.07 Å². The quantitative estimate of drug-likeness (QED) is 0.561. The van der Waals surface area contributed by atoms with Crippen molar-refractivity contribution in [1.29, 1.82) is 0 Å². The Labute approximate surface area is 179 Å². The molecule has 4 N–H and O–H groups in total. The zero-order valence-corrected chi connectivity index (χ0v) is 17.5. The van der Waals surface area contributed by atoms with Crippen LogP contribution in [0.5, 0.6) is 0 Å². The first-order chi connectivity index (χ1) is 14.8. The number of carbonyl (C=O) groups is 2. The van der Waals surface area contributed by atoms with Gasteiger partial charge in [-0.25, -0.2) is 14.2 Å². The van der Waals surface area contributed by atoms with Crippen LogP contribution in [0.2, 0.25) is 0 Å². The van der Waals surface area contributed by atoms with Crippen LogP contribution in [0.1, 0.15) is 42.7 Å². The number of aromatic carboxylic acids is 1. The molecule has 2 atom stereocenters. The lowest BCUT2D eigenvalue weighted by molar-refractivity contribution is -0.127. The molecule has 0 saturated carbocycles. The molecule has 3 heterocycles. The number of amides is 1. The lowest BCUT2D eigenvalue weighted by Gasteiger charge is -2.42. The molecular weight excluding hydrogens is 401 g/mol. The summed E-state index contributed by atoms with van der Waals surface area (Å²) in [5.41, 5.74) is 1.60. The van der Waals surface area contributed by atoms with Crippen molar-refractivity contribution in [2.24, 2.45) is 0 Å². The number of benzene rings is 1. The Bertz CT molecular complexity index is 1010. The average Bonchev–Trinajstić information content (AvgIpc) is 3.00. The maximum Gasteiger partial charge on any atom is 0.354 e. The number of hydrogen-bond acceptors (Lipinski definition) is 6. The van der Waals surface area contributed by atoms with Gasteiger partial charge in [-0.05, 0) is 57.5 Å². The van der Waals surface area contributed by atoms with Gasteiger partial charge in [0, 0.05) is 24.7 Å². The van der Waals surface area contributed by atoms with Crippen LogP contribution < -0.4 is 16.0 Å². The number of carboxylic acids is 1. The number of nitrogens with one attached hydrogen (secondary N) is 3. The van der Waals surface area contributed by atoms with Crippen LogP contribution >= 0.6 is 0 Å². The van der Waals surface area contributed by atoms with Crippen LogP contribution in [0, 0.1) is 5.82 Å². The third-order valence-electron chi connectivity index (χ3n) is 6.08. The molecule has 164 valence electrons. The number of halogens is 1. The van der Waals surface area contributed by atoms with Gasteiger partial charge in [0.25, 0.3) is 0 Å². The molecule has 0 spiro atoms. The van der Waals surface area contributed by atoms with E-state index in [4.69, 9.17) is 5.11 Å². The molecule has 1 unspecified atom stereocenters. The summed E-state index contributed by atoms with van der Waals surface area (Å²) in [6, 6.07) is 6.04. The lowest BCUT2D eigenvalue weighted by Crippen LogP contribution is -2.55. The van der Waals surface area contributed by atoms with Crippen molar-refractivity contribution in [2.45, 2.75) is 38.3 Å². The molecule has 0 bridgehead atoms. The molecule has 0 radical (unpaired) electrons. The third-order valence-corrected chi connectivity index (χ3v) is 6.08. The largest absolute Gasteiger partial charge is 0.477 e. The first-order valence-electron chi connectivity index (χ1n) is 10.4. The average molecular weight is 427 g/mol. The monoisotopic (exact) mass is 427 g/mol. The minimum atomic E-state index is -1.07. The van der Waals surface area contributed by atoms with E-state index in [1.165, 1.54) is 24.4 Å². The summed E-state index contributed by atoms with van der Waals surface area (Å²) < 4.78 is 14.4. The van der Waals surface area contributed by atoms with E-state index >= 15 is 0 Å². The second kappa shape index (κ2) is 8.14. The molecule has 2 aliphatic heterocycles. The van der Waals surface area contributed by atoms with Crippen molar-refractivity contribution in [1.82, 2.24) is 9.88 Å². The maximum atomic E-state index is 14.4. The molecule has 1 aromatic carbocycles. The lowest BCUT2D eigenvalue weighted by atomic mass is 9.88. The molecule has 9 heteroatoms. The number of anilines is 3. The number of carbonyl (C=O) groups excluding carboxylic acids is 1. The van der Waals surface area contributed by atoms with Gasteiger partial charge >= 0.3 is 5.97 Å². The van der Waals surface area contributed by atoms with Crippen LogP contribution in [0.15, 0.2) is 30.5 Å². The number of hydrogen-bond donors (Lipinski definition) is 4. The molecule has 8 nitrogen and oxygen atoms in total. The topological polar surface area (TPSA) is 107 Å². The SMILES string of the molecule is CCNc1cc(F)cc2c1NC(=O)[C@]2(C)N1CCCC(Nc2ccc(C(=O)O)nc2)C1. The molecule has 4 rings (SSSR count). The smallest absolute Gasteiger partial charge is 0.354 e. The second-order valence-electron chi connectivity index (χ2n) is 8.10. The highest BCUT2D eigenvalue weighted by molar-refractivity contribution is 6.08. The van der Waals surface area contributed by atoms with E-state index in [9.17, 15) is 14.0 Å². The Balaban J connectivity index is 1.57. The summed E-state index contributed by atoms with van der Waals surface area (Å²) >= 11 is 0. The van der Waals surface area contributed by atoms with Gasteiger partial charge in [0.1, 0.15) is 17.1 Å². The van der Waals surface area contributed by atoms with Crippen molar-refractivity contribution in [3.05, 3.63) is 47.5 Å². The van der Waals surface area contributed by atoms with E-state index in [-0.39, 0.29) is 23.5 Å². The predicted octanol–water partition coefficient (Wildman–Crippen LogP) is 3.09. The van der Waals surface area contributed by atoms with Crippen LogP contribution in [0.3, 0.4) is 0 Å². The van der Waals surface area contributed by atoms with E-state index < -0.39 is 11.5 Å². The Hall–Kier alpha value is -3.20. The van der Waals surface area contributed by atoms with Crippen LogP contribution in [0.25, 0.3) is 0 Å². The van der Waals surface area contributed by atoms with Crippen LogP contribution in [-0.2, 0) is 10.3 Å². The van der Waals surface area contributed by atoms with Crippen molar-refractivity contribution >= 4 is 28.9 Å². The molecule has 1 fully saturated rings. The highest BCUT2D eigenvalue weighted by atomic mass is 19.1. The highest BCUT2D eigenvalue weighted by Crippen LogP contribution is 2.45.